The van der Waals surface area contributed by atoms with E-state index >= 15 is 0 Å². The second kappa shape index (κ2) is 5.42. The lowest BCUT2D eigenvalue weighted by atomic mass is 10.2. The highest BCUT2D eigenvalue weighted by atomic mass is 35.5. The third-order valence-electron chi connectivity index (χ3n) is 2.49. The van der Waals surface area contributed by atoms with Gasteiger partial charge < -0.3 is 11.1 Å². The van der Waals surface area contributed by atoms with Gasteiger partial charge in [-0.15, -0.1) is 11.3 Å². The largest absolute Gasteiger partial charge is 0.397 e. The van der Waals surface area contributed by atoms with Crippen molar-refractivity contribution >= 4 is 40.2 Å². The number of nitrogens with one attached hydrogen (secondary N) is 1. The molecule has 18 heavy (non-hydrogen) atoms. The third-order valence-corrected chi connectivity index (χ3v) is 4.06. The summed E-state index contributed by atoms with van der Waals surface area (Å²) in [6, 6.07) is 8.84. The minimum atomic E-state index is -0.124. The lowest BCUT2D eigenvalue weighted by molar-refractivity contribution is 0.103. The van der Waals surface area contributed by atoms with Gasteiger partial charge in [-0.25, -0.2) is 0 Å². The number of halogens is 1. The van der Waals surface area contributed by atoms with Crippen LogP contribution in [0.25, 0.3) is 0 Å². The van der Waals surface area contributed by atoms with E-state index in [1.165, 1.54) is 16.2 Å². The highest BCUT2D eigenvalue weighted by Gasteiger charge is 2.09. The number of benzene rings is 1. The summed E-state index contributed by atoms with van der Waals surface area (Å²) in [6.45, 7) is 2.06. The summed E-state index contributed by atoms with van der Waals surface area (Å²) in [5.41, 5.74) is 6.78. The van der Waals surface area contributed by atoms with Gasteiger partial charge in [0.25, 0.3) is 5.91 Å². The summed E-state index contributed by atoms with van der Waals surface area (Å²) in [4.78, 5) is 13.9. The van der Waals surface area contributed by atoms with E-state index in [2.05, 4.69) is 12.2 Å². The van der Waals surface area contributed by atoms with Crippen LogP contribution in [0, 0.1) is 0 Å². The second-order valence-electron chi connectivity index (χ2n) is 3.81. The number of carbonyl (C=O) groups is 1. The van der Waals surface area contributed by atoms with E-state index in [-0.39, 0.29) is 5.91 Å². The van der Waals surface area contributed by atoms with Crippen LogP contribution in [-0.2, 0) is 6.42 Å². The average molecular weight is 281 g/mol. The van der Waals surface area contributed by atoms with Crippen molar-refractivity contribution in [3.8, 4) is 0 Å². The molecule has 0 fully saturated rings. The molecular weight excluding hydrogens is 268 g/mol. The van der Waals surface area contributed by atoms with Gasteiger partial charge in [0.1, 0.15) is 0 Å². The van der Waals surface area contributed by atoms with Crippen LogP contribution in [-0.4, -0.2) is 5.91 Å². The summed E-state index contributed by atoms with van der Waals surface area (Å²) in [5, 5.41) is 3.28. The van der Waals surface area contributed by atoms with Crippen molar-refractivity contribution in [3.05, 3.63) is 45.1 Å². The molecule has 0 spiro atoms. The molecule has 0 aliphatic carbocycles. The maximum Gasteiger partial charge on any atom is 0.265 e. The number of amides is 1. The Bertz CT molecular complexity index is 580. The Labute approximate surface area is 115 Å². The molecule has 3 N–H and O–H groups in total. The molecule has 0 aliphatic heterocycles. The zero-order chi connectivity index (χ0) is 13.1. The first-order valence-corrected chi connectivity index (χ1v) is 6.74. The number of hydrogen-bond donors (Lipinski definition) is 2. The molecule has 0 aliphatic rings. The predicted octanol–water partition coefficient (Wildman–Crippen LogP) is 3.80. The van der Waals surface area contributed by atoms with Gasteiger partial charge in [0, 0.05) is 10.6 Å². The van der Waals surface area contributed by atoms with Crippen LogP contribution < -0.4 is 11.1 Å². The molecule has 1 aromatic carbocycles. The Morgan fingerprint density at radius 2 is 2.17 bits per heavy atom. The van der Waals surface area contributed by atoms with Crippen molar-refractivity contribution in [2.45, 2.75) is 13.3 Å². The molecule has 0 bridgehead atoms. The van der Waals surface area contributed by atoms with E-state index in [0.29, 0.717) is 21.3 Å². The fraction of sp³-hybridized carbons (Fsp3) is 0.154. The van der Waals surface area contributed by atoms with E-state index < -0.39 is 0 Å². The quantitative estimate of drug-likeness (QED) is 0.840. The smallest absolute Gasteiger partial charge is 0.265 e. The molecule has 2 aromatic rings. The van der Waals surface area contributed by atoms with Crippen molar-refractivity contribution in [2.24, 2.45) is 0 Å². The molecular formula is C13H13ClN2OS. The normalized spacial score (nSPS) is 10.3. The molecule has 0 saturated carbocycles. The Morgan fingerprint density at radius 3 is 2.78 bits per heavy atom. The van der Waals surface area contributed by atoms with Crippen LogP contribution in [0.2, 0.25) is 5.02 Å². The standard InChI is InChI=1S/C13H13ClN2OS/c1-2-9-4-6-12(18-9)13(17)16-8-3-5-10(14)11(15)7-8/h3-7H,2,15H2,1H3,(H,16,17). The molecule has 1 aromatic heterocycles. The summed E-state index contributed by atoms with van der Waals surface area (Å²) in [6.07, 6.45) is 0.936. The fourth-order valence-electron chi connectivity index (χ4n) is 1.50. The highest BCUT2D eigenvalue weighted by Crippen LogP contribution is 2.24. The molecule has 0 radical (unpaired) electrons. The predicted molar refractivity (Wildman–Crippen MR) is 77.5 cm³/mol. The zero-order valence-corrected chi connectivity index (χ0v) is 11.4. The van der Waals surface area contributed by atoms with Crippen LogP contribution in [0.1, 0.15) is 21.5 Å². The lowest BCUT2D eigenvalue weighted by Gasteiger charge is -2.05. The molecule has 1 amide bonds. The van der Waals surface area contributed by atoms with Crippen molar-refractivity contribution in [3.63, 3.8) is 0 Å². The molecule has 0 atom stereocenters. The minimum absolute atomic E-state index is 0.124. The number of nitrogen functional groups attached to an aromatic ring is 1. The molecule has 0 saturated heterocycles. The van der Waals surface area contributed by atoms with E-state index in [1.807, 2.05) is 12.1 Å². The minimum Gasteiger partial charge on any atom is -0.397 e. The van der Waals surface area contributed by atoms with Crippen molar-refractivity contribution < 1.29 is 4.79 Å². The van der Waals surface area contributed by atoms with Crippen LogP contribution >= 0.6 is 22.9 Å². The van der Waals surface area contributed by atoms with Gasteiger partial charge >= 0.3 is 0 Å². The highest BCUT2D eigenvalue weighted by molar-refractivity contribution is 7.14. The maximum atomic E-state index is 12.0. The van der Waals surface area contributed by atoms with Gasteiger partial charge in [-0.1, -0.05) is 18.5 Å². The molecule has 5 heteroatoms. The average Bonchev–Trinajstić information content (AvgIpc) is 2.82. The maximum absolute atomic E-state index is 12.0. The first kappa shape index (κ1) is 12.9. The van der Waals surface area contributed by atoms with Gasteiger partial charge in [0.2, 0.25) is 0 Å². The molecule has 0 unspecified atom stereocenters. The van der Waals surface area contributed by atoms with Gasteiger partial charge in [0.05, 0.1) is 15.6 Å². The number of nitrogens with two attached hydrogens (primary N) is 1. The topological polar surface area (TPSA) is 55.1 Å². The van der Waals surface area contributed by atoms with Gasteiger partial charge in [-0.05, 0) is 36.8 Å². The summed E-state index contributed by atoms with van der Waals surface area (Å²) < 4.78 is 0. The van der Waals surface area contributed by atoms with Crippen LogP contribution in [0.3, 0.4) is 0 Å². The number of rotatable bonds is 3. The Hall–Kier alpha value is -1.52. The first-order chi connectivity index (χ1) is 8.60. The summed E-state index contributed by atoms with van der Waals surface area (Å²) in [5.74, 6) is -0.124. The number of anilines is 2. The second-order valence-corrected chi connectivity index (χ2v) is 5.39. The lowest BCUT2D eigenvalue weighted by Crippen LogP contribution is -2.10. The van der Waals surface area contributed by atoms with E-state index in [1.54, 1.807) is 18.2 Å². The van der Waals surface area contributed by atoms with E-state index in [4.69, 9.17) is 17.3 Å². The summed E-state index contributed by atoms with van der Waals surface area (Å²) >= 11 is 7.32. The number of thiophene rings is 1. The number of aryl methyl sites for hydroxylation is 1. The molecule has 1 heterocycles. The van der Waals surface area contributed by atoms with E-state index in [0.717, 1.165) is 6.42 Å². The van der Waals surface area contributed by atoms with Crippen molar-refractivity contribution in [2.75, 3.05) is 11.1 Å². The molecule has 94 valence electrons. The molecule has 2 rings (SSSR count). The summed E-state index contributed by atoms with van der Waals surface area (Å²) in [7, 11) is 0. The Morgan fingerprint density at radius 1 is 1.39 bits per heavy atom. The van der Waals surface area contributed by atoms with Crippen LogP contribution in [0.15, 0.2) is 30.3 Å². The Balaban J connectivity index is 2.13. The fourth-order valence-corrected chi connectivity index (χ4v) is 2.46. The zero-order valence-electron chi connectivity index (χ0n) is 9.87. The Kier molecular flexibility index (Phi) is 3.89. The number of hydrogen-bond acceptors (Lipinski definition) is 3. The van der Waals surface area contributed by atoms with Crippen LogP contribution in [0.4, 0.5) is 11.4 Å². The SMILES string of the molecule is CCc1ccc(C(=O)Nc2ccc(Cl)c(N)c2)s1. The third kappa shape index (κ3) is 2.83. The first-order valence-electron chi connectivity index (χ1n) is 5.55. The van der Waals surface area contributed by atoms with E-state index in [9.17, 15) is 4.79 Å². The monoisotopic (exact) mass is 280 g/mol. The van der Waals surface area contributed by atoms with Gasteiger partial charge in [0.15, 0.2) is 0 Å². The van der Waals surface area contributed by atoms with Crippen molar-refractivity contribution in [1.82, 2.24) is 0 Å². The van der Waals surface area contributed by atoms with Gasteiger partial charge in [-0.3, -0.25) is 4.79 Å². The van der Waals surface area contributed by atoms with Crippen LogP contribution in [0.5, 0.6) is 0 Å². The van der Waals surface area contributed by atoms with Crippen molar-refractivity contribution in [1.29, 1.82) is 0 Å². The molecule has 3 nitrogen and oxygen atoms in total. The number of carbonyl (C=O) groups excluding carboxylic acids is 1. The van der Waals surface area contributed by atoms with Gasteiger partial charge in [-0.2, -0.15) is 0 Å².